The quantitative estimate of drug-likeness (QED) is 0.826. The molecule has 1 aliphatic heterocycles. The molecule has 114 valence electrons. The zero-order valence-corrected chi connectivity index (χ0v) is 12.6. The number of imide groups is 1. The first-order chi connectivity index (χ1) is 9.19. The number of urea groups is 1. The van der Waals surface area contributed by atoms with Gasteiger partial charge >= 0.3 is 12.0 Å². The lowest BCUT2D eigenvalue weighted by Crippen LogP contribution is -2.48. The van der Waals surface area contributed by atoms with Gasteiger partial charge in [0.05, 0.1) is 5.41 Å². The third kappa shape index (κ3) is 3.71. The number of carbonyl (C=O) groups is 3. The molecule has 0 radical (unpaired) electrons. The molecule has 0 spiro atoms. The topological polar surface area (TPSA) is 86.7 Å². The summed E-state index contributed by atoms with van der Waals surface area (Å²) in [5.41, 5.74) is -1.18. The molecule has 6 heteroatoms. The first kappa shape index (κ1) is 16.5. The Morgan fingerprint density at radius 2 is 1.90 bits per heavy atom. The average molecular weight is 284 g/mol. The van der Waals surface area contributed by atoms with E-state index in [0.29, 0.717) is 0 Å². The summed E-state index contributed by atoms with van der Waals surface area (Å²) in [5.74, 6) is -1.60. The predicted molar refractivity (Wildman–Crippen MR) is 74.2 cm³/mol. The van der Waals surface area contributed by atoms with Gasteiger partial charge < -0.3 is 10.0 Å². The molecular weight excluding hydrogens is 260 g/mol. The highest BCUT2D eigenvalue weighted by Gasteiger charge is 2.35. The van der Waals surface area contributed by atoms with Gasteiger partial charge in [-0.15, -0.1) is 0 Å². The van der Waals surface area contributed by atoms with Crippen molar-refractivity contribution in [2.75, 3.05) is 0 Å². The van der Waals surface area contributed by atoms with E-state index in [-0.39, 0.29) is 18.5 Å². The lowest BCUT2D eigenvalue weighted by molar-refractivity contribution is -0.149. The Balaban J connectivity index is 2.62. The van der Waals surface area contributed by atoms with Gasteiger partial charge in [-0.05, 0) is 40.0 Å². The van der Waals surface area contributed by atoms with E-state index < -0.39 is 23.3 Å². The van der Waals surface area contributed by atoms with Gasteiger partial charge in [0.2, 0.25) is 5.91 Å². The number of nitrogens with one attached hydrogen (secondary N) is 1. The summed E-state index contributed by atoms with van der Waals surface area (Å²) in [6.07, 6.45) is 2.51. The number of hydrogen-bond acceptors (Lipinski definition) is 3. The second kappa shape index (κ2) is 6.24. The van der Waals surface area contributed by atoms with E-state index in [1.807, 2.05) is 13.8 Å². The summed E-state index contributed by atoms with van der Waals surface area (Å²) < 4.78 is 0. The number of carbonyl (C=O) groups excluding carboxylic acids is 2. The van der Waals surface area contributed by atoms with Crippen molar-refractivity contribution in [3.63, 3.8) is 0 Å². The van der Waals surface area contributed by atoms with Crippen LogP contribution in [0.15, 0.2) is 0 Å². The van der Waals surface area contributed by atoms with E-state index in [2.05, 4.69) is 5.32 Å². The largest absolute Gasteiger partial charge is 0.481 e. The second-order valence-electron chi connectivity index (χ2n) is 6.11. The minimum atomic E-state index is -1.18. The van der Waals surface area contributed by atoms with Gasteiger partial charge in [0, 0.05) is 18.5 Å². The number of amides is 3. The third-order valence-corrected chi connectivity index (χ3v) is 3.92. The van der Waals surface area contributed by atoms with Crippen LogP contribution in [0, 0.1) is 5.41 Å². The van der Waals surface area contributed by atoms with Crippen LogP contribution >= 0.6 is 0 Å². The Bertz CT molecular complexity index is 406. The zero-order chi connectivity index (χ0) is 15.5. The summed E-state index contributed by atoms with van der Waals surface area (Å²) in [4.78, 5) is 36.6. The van der Waals surface area contributed by atoms with Crippen LogP contribution in [0.4, 0.5) is 4.79 Å². The van der Waals surface area contributed by atoms with Crippen molar-refractivity contribution in [1.29, 1.82) is 0 Å². The predicted octanol–water partition coefficient (Wildman–Crippen LogP) is 1.99. The minimum absolute atomic E-state index is 0.111. The fraction of sp³-hybridized carbons (Fsp3) is 0.786. The molecule has 1 heterocycles. The van der Waals surface area contributed by atoms with E-state index in [1.54, 1.807) is 4.90 Å². The Kier molecular flexibility index (Phi) is 5.14. The van der Waals surface area contributed by atoms with Gasteiger partial charge in [-0.2, -0.15) is 0 Å². The molecule has 6 nitrogen and oxygen atoms in total. The van der Waals surface area contributed by atoms with Crippen LogP contribution in [0.2, 0.25) is 0 Å². The summed E-state index contributed by atoms with van der Waals surface area (Å²) in [6.45, 7) is 6.90. The lowest BCUT2D eigenvalue weighted by Gasteiger charge is -2.28. The standard InChI is InChI=1S/C14H24N2O4/c1-5-10-7-6-9(2)16(10)13(20)15-11(17)8-14(3,4)12(18)19/h9-10H,5-8H2,1-4H3,(H,18,19)(H,15,17,20). The normalized spacial score (nSPS) is 22.7. The van der Waals surface area contributed by atoms with E-state index in [4.69, 9.17) is 5.11 Å². The highest BCUT2D eigenvalue weighted by molar-refractivity contribution is 5.96. The Morgan fingerprint density at radius 3 is 2.40 bits per heavy atom. The summed E-state index contributed by atoms with van der Waals surface area (Å²) >= 11 is 0. The molecule has 1 fully saturated rings. The monoisotopic (exact) mass is 284 g/mol. The van der Waals surface area contributed by atoms with Crippen molar-refractivity contribution in [3.8, 4) is 0 Å². The average Bonchev–Trinajstić information content (AvgIpc) is 2.69. The molecule has 2 atom stereocenters. The molecule has 2 unspecified atom stereocenters. The van der Waals surface area contributed by atoms with Crippen molar-refractivity contribution in [2.45, 2.75) is 65.5 Å². The van der Waals surface area contributed by atoms with Crippen molar-refractivity contribution in [3.05, 3.63) is 0 Å². The van der Waals surface area contributed by atoms with Crippen LogP contribution in [0.25, 0.3) is 0 Å². The number of nitrogens with zero attached hydrogens (tertiary/aromatic N) is 1. The number of carboxylic acid groups (broad SMARTS) is 1. The molecule has 0 aromatic rings. The number of rotatable bonds is 4. The number of aliphatic carboxylic acids is 1. The fourth-order valence-electron chi connectivity index (χ4n) is 2.54. The van der Waals surface area contributed by atoms with Gasteiger partial charge in [0.15, 0.2) is 0 Å². The first-order valence-electron chi connectivity index (χ1n) is 7.04. The van der Waals surface area contributed by atoms with Crippen molar-refractivity contribution < 1.29 is 19.5 Å². The maximum atomic E-state index is 12.1. The second-order valence-corrected chi connectivity index (χ2v) is 6.11. The van der Waals surface area contributed by atoms with Gasteiger partial charge in [0.1, 0.15) is 0 Å². The maximum absolute atomic E-state index is 12.1. The molecule has 0 aliphatic carbocycles. The van der Waals surface area contributed by atoms with E-state index in [0.717, 1.165) is 19.3 Å². The first-order valence-corrected chi connectivity index (χ1v) is 7.04. The highest BCUT2D eigenvalue weighted by atomic mass is 16.4. The smallest absolute Gasteiger partial charge is 0.324 e. The lowest BCUT2D eigenvalue weighted by atomic mass is 9.89. The van der Waals surface area contributed by atoms with Crippen LogP contribution in [0.3, 0.4) is 0 Å². The van der Waals surface area contributed by atoms with Crippen molar-refractivity contribution in [1.82, 2.24) is 10.2 Å². The SMILES string of the molecule is CCC1CCC(C)N1C(=O)NC(=O)CC(C)(C)C(=O)O. The van der Waals surface area contributed by atoms with E-state index in [1.165, 1.54) is 13.8 Å². The fourth-order valence-corrected chi connectivity index (χ4v) is 2.54. The van der Waals surface area contributed by atoms with Crippen LogP contribution in [0.5, 0.6) is 0 Å². The molecule has 20 heavy (non-hydrogen) atoms. The Morgan fingerprint density at radius 1 is 1.30 bits per heavy atom. The number of carboxylic acids is 1. The number of likely N-dealkylation sites (tertiary alicyclic amines) is 1. The van der Waals surface area contributed by atoms with E-state index >= 15 is 0 Å². The molecule has 2 N–H and O–H groups in total. The zero-order valence-electron chi connectivity index (χ0n) is 12.6. The van der Waals surface area contributed by atoms with Crippen molar-refractivity contribution in [2.24, 2.45) is 5.41 Å². The molecule has 0 aromatic carbocycles. The van der Waals surface area contributed by atoms with Crippen LogP contribution in [0.1, 0.15) is 53.4 Å². The van der Waals surface area contributed by atoms with Gasteiger partial charge in [-0.1, -0.05) is 6.92 Å². The van der Waals surface area contributed by atoms with Crippen LogP contribution in [-0.2, 0) is 9.59 Å². The Labute approximate surface area is 119 Å². The Hall–Kier alpha value is -1.59. The third-order valence-electron chi connectivity index (χ3n) is 3.92. The van der Waals surface area contributed by atoms with Crippen LogP contribution in [-0.4, -0.2) is 40.0 Å². The molecule has 0 bridgehead atoms. The summed E-state index contributed by atoms with van der Waals surface area (Å²) in [7, 11) is 0. The molecular formula is C14H24N2O4. The number of hydrogen-bond donors (Lipinski definition) is 2. The molecule has 0 saturated carbocycles. The molecule has 3 amide bonds. The molecule has 0 aromatic heterocycles. The highest BCUT2D eigenvalue weighted by Crippen LogP contribution is 2.26. The minimum Gasteiger partial charge on any atom is -0.481 e. The van der Waals surface area contributed by atoms with Gasteiger partial charge in [-0.3, -0.25) is 14.9 Å². The summed E-state index contributed by atoms with van der Waals surface area (Å²) in [6, 6.07) is -0.140. The van der Waals surface area contributed by atoms with Crippen molar-refractivity contribution >= 4 is 17.9 Å². The molecule has 1 saturated heterocycles. The maximum Gasteiger partial charge on any atom is 0.324 e. The summed E-state index contributed by atoms with van der Waals surface area (Å²) in [5, 5.41) is 11.3. The van der Waals surface area contributed by atoms with Gasteiger partial charge in [-0.25, -0.2) is 4.79 Å². The van der Waals surface area contributed by atoms with Gasteiger partial charge in [0.25, 0.3) is 0 Å². The molecule has 1 aliphatic rings. The van der Waals surface area contributed by atoms with E-state index in [9.17, 15) is 14.4 Å². The molecule has 1 rings (SSSR count). The van der Waals surface area contributed by atoms with Crippen LogP contribution < -0.4 is 5.32 Å².